The van der Waals surface area contributed by atoms with Crippen molar-refractivity contribution < 1.29 is 29.0 Å². The maximum Gasteiger partial charge on any atom is 0.333 e. The standard InChI is InChI=1S/C18H23NO6/c1-24-14-10-6-5-9-13(14)15(18(23)25-2)19-16(20)11-7-3-4-8-12(11)17(21)22/h5-6,9-12,15H,3-4,7-8H2,1-2H3,(H,19,20)(H,21,22)/p-1/t11-,12-,15+/m0/s1. The number of para-hydroxylation sites is 1. The second-order valence-corrected chi connectivity index (χ2v) is 6.02. The Bertz CT molecular complexity index is 644. The number of aliphatic carboxylic acids is 1. The van der Waals surface area contributed by atoms with Crippen molar-refractivity contribution in [1.29, 1.82) is 0 Å². The van der Waals surface area contributed by atoms with Crippen molar-refractivity contribution in [1.82, 2.24) is 5.32 Å². The Morgan fingerprint density at radius 1 is 1.12 bits per heavy atom. The Hall–Kier alpha value is -2.57. The van der Waals surface area contributed by atoms with E-state index in [0.29, 0.717) is 24.2 Å². The van der Waals surface area contributed by atoms with Crippen molar-refractivity contribution in [3.8, 4) is 5.75 Å². The van der Waals surface area contributed by atoms with Crippen LogP contribution in [0.5, 0.6) is 5.75 Å². The number of rotatable bonds is 6. The number of carboxylic acids is 1. The number of hydrogen-bond donors (Lipinski definition) is 1. The molecule has 7 nitrogen and oxygen atoms in total. The Morgan fingerprint density at radius 3 is 2.36 bits per heavy atom. The van der Waals surface area contributed by atoms with Crippen LogP contribution < -0.4 is 15.2 Å². The molecule has 0 radical (unpaired) electrons. The largest absolute Gasteiger partial charge is 0.550 e. The highest BCUT2D eigenvalue weighted by Gasteiger charge is 2.35. The molecule has 1 fully saturated rings. The van der Waals surface area contributed by atoms with Gasteiger partial charge in [-0.25, -0.2) is 4.79 Å². The summed E-state index contributed by atoms with van der Waals surface area (Å²) in [5.41, 5.74) is 0.450. The molecular formula is C18H22NO6-. The maximum absolute atomic E-state index is 12.7. The molecule has 0 spiro atoms. The van der Waals surface area contributed by atoms with E-state index in [1.54, 1.807) is 24.3 Å². The zero-order valence-electron chi connectivity index (χ0n) is 14.3. The third kappa shape index (κ3) is 4.29. The quantitative estimate of drug-likeness (QED) is 0.754. The summed E-state index contributed by atoms with van der Waals surface area (Å²) in [4.78, 5) is 36.2. The molecule has 1 saturated carbocycles. The summed E-state index contributed by atoms with van der Waals surface area (Å²) < 4.78 is 10.0. The van der Waals surface area contributed by atoms with Gasteiger partial charge in [0.1, 0.15) is 5.75 Å². The molecule has 0 unspecified atom stereocenters. The lowest BCUT2D eigenvalue weighted by atomic mass is 9.78. The van der Waals surface area contributed by atoms with Crippen molar-refractivity contribution in [3.05, 3.63) is 29.8 Å². The van der Waals surface area contributed by atoms with E-state index in [1.807, 2.05) is 0 Å². The van der Waals surface area contributed by atoms with Crippen LogP contribution in [-0.4, -0.2) is 32.1 Å². The van der Waals surface area contributed by atoms with Gasteiger partial charge in [-0.3, -0.25) is 4.79 Å². The smallest absolute Gasteiger partial charge is 0.333 e. The van der Waals surface area contributed by atoms with Gasteiger partial charge in [-0.05, 0) is 18.9 Å². The number of esters is 1. The van der Waals surface area contributed by atoms with E-state index in [0.717, 1.165) is 12.8 Å². The van der Waals surface area contributed by atoms with E-state index in [9.17, 15) is 19.5 Å². The Morgan fingerprint density at radius 2 is 1.76 bits per heavy atom. The summed E-state index contributed by atoms with van der Waals surface area (Å²) in [6.45, 7) is 0. The van der Waals surface area contributed by atoms with Crippen LogP contribution in [-0.2, 0) is 19.1 Å². The van der Waals surface area contributed by atoms with Crippen LogP contribution in [0.3, 0.4) is 0 Å². The number of ether oxygens (including phenoxy) is 2. The lowest BCUT2D eigenvalue weighted by Crippen LogP contribution is -2.46. The summed E-state index contributed by atoms with van der Waals surface area (Å²) in [5.74, 6) is -3.51. The van der Waals surface area contributed by atoms with Gasteiger partial charge < -0.3 is 24.7 Å². The van der Waals surface area contributed by atoms with E-state index >= 15 is 0 Å². The molecule has 136 valence electrons. The van der Waals surface area contributed by atoms with Gasteiger partial charge in [0.2, 0.25) is 5.91 Å². The minimum absolute atomic E-state index is 0.401. The predicted octanol–water partition coefficient (Wildman–Crippen LogP) is 0.582. The minimum Gasteiger partial charge on any atom is -0.550 e. The second kappa shape index (κ2) is 8.50. The lowest BCUT2D eigenvalue weighted by molar-refractivity contribution is -0.314. The number of benzene rings is 1. The Labute approximate surface area is 146 Å². The second-order valence-electron chi connectivity index (χ2n) is 6.02. The average molecular weight is 348 g/mol. The van der Waals surface area contributed by atoms with Crippen LogP contribution in [0.15, 0.2) is 24.3 Å². The van der Waals surface area contributed by atoms with Crippen molar-refractivity contribution in [2.75, 3.05) is 14.2 Å². The van der Waals surface area contributed by atoms with Crippen LogP contribution >= 0.6 is 0 Å². The molecule has 1 aliphatic rings. The first-order chi connectivity index (χ1) is 12.0. The van der Waals surface area contributed by atoms with Crippen molar-refractivity contribution in [3.63, 3.8) is 0 Å². The molecule has 1 aromatic rings. The molecule has 7 heteroatoms. The van der Waals surface area contributed by atoms with Crippen LogP contribution in [0, 0.1) is 11.8 Å². The summed E-state index contributed by atoms with van der Waals surface area (Å²) in [7, 11) is 2.68. The number of nitrogens with one attached hydrogen (secondary N) is 1. The summed E-state index contributed by atoms with van der Waals surface area (Å²) in [6, 6.07) is 5.70. The molecule has 1 aliphatic carbocycles. The van der Waals surface area contributed by atoms with Crippen molar-refractivity contribution >= 4 is 17.8 Å². The van der Waals surface area contributed by atoms with Gasteiger partial charge in [0.05, 0.1) is 14.2 Å². The molecule has 1 N–H and O–H groups in total. The first kappa shape index (κ1) is 18.8. The molecule has 3 atom stereocenters. The molecule has 0 aliphatic heterocycles. The minimum atomic E-state index is -1.23. The molecule has 1 amide bonds. The zero-order valence-corrected chi connectivity index (χ0v) is 14.3. The van der Waals surface area contributed by atoms with E-state index in [2.05, 4.69) is 5.32 Å². The van der Waals surface area contributed by atoms with Gasteiger partial charge in [0.25, 0.3) is 0 Å². The molecule has 2 rings (SSSR count). The SMILES string of the molecule is COC(=O)[C@H](NC(=O)[C@H]1CCCC[C@@H]1C(=O)[O-])c1ccccc1OC. The molecular weight excluding hydrogens is 326 g/mol. The Kier molecular flexibility index (Phi) is 6.38. The number of methoxy groups -OCH3 is 2. The van der Waals surface area contributed by atoms with Gasteiger partial charge in [-0.1, -0.05) is 31.0 Å². The lowest BCUT2D eigenvalue weighted by Gasteiger charge is -2.32. The highest BCUT2D eigenvalue weighted by atomic mass is 16.5. The van der Waals surface area contributed by atoms with Crippen LogP contribution in [0.25, 0.3) is 0 Å². The van der Waals surface area contributed by atoms with E-state index in [-0.39, 0.29) is 0 Å². The van der Waals surface area contributed by atoms with Crippen LogP contribution in [0.2, 0.25) is 0 Å². The van der Waals surface area contributed by atoms with Gasteiger partial charge in [-0.2, -0.15) is 0 Å². The number of amides is 1. The average Bonchev–Trinajstić information content (AvgIpc) is 2.65. The van der Waals surface area contributed by atoms with Gasteiger partial charge in [-0.15, -0.1) is 0 Å². The van der Waals surface area contributed by atoms with Gasteiger partial charge in [0, 0.05) is 23.4 Å². The molecule has 0 saturated heterocycles. The fourth-order valence-electron chi connectivity index (χ4n) is 3.26. The van der Waals surface area contributed by atoms with Gasteiger partial charge >= 0.3 is 5.97 Å². The first-order valence-electron chi connectivity index (χ1n) is 8.21. The molecule has 0 aromatic heterocycles. The normalized spacial score (nSPS) is 21.0. The van der Waals surface area contributed by atoms with E-state index in [4.69, 9.17) is 9.47 Å². The molecule has 0 bridgehead atoms. The van der Waals surface area contributed by atoms with Crippen molar-refractivity contribution in [2.45, 2.75) is 31.7 Å². The highest BCUT2D eigenvalue weighted by Crippen LogP contribution is 2.32. The number of hydrogen-bond acceptors (Lipinski definition) is 6. The zero-order chi connectivity index (χ0) is 18.4. The fraction of sp³-hybridized carbons (Fsp3) is 0.500. The van der Waals surface area contributed by atoms with Crippen molar-refractivity contribution in [2.24, 2.45) is 11.8 Å². The number of carboxylic acid groups (broad SMARTS) is 1. The highest BCUT2D eigenvalue weighted by molar-refractivity contribution is 5.89. The number of carbonyl (C=O) groups is 3. The third-order valence-electron chi connectivity index (χ3n) is 4.58. The first-order valence-corrected chi connectivity index (χ1v) is 8.21. The van der Waals surface area contributed by atoms with Crippen LogP contribution in [0.1, 0.15) is 37.3 Å². The predicted molar refractivity (Wildman–Crippen MR) is 86.3 cm³/mol. The summed E-state index contributed by atoms with van der Waals surface area (Å²) >= 11 is 0. The Balaban J connectivity index is 2.26. The summed E-state index contributed by atoms with van der Waals surface area (Å²) in [5, 5.41) is 13.9. The van der Waals surface area contributed by atoms with E-state index in [1.165, 1.54) is 14.2 Å². The number of carbonyl (C=O) groups excluding carboxylic acids is 3. The monoisotopic (exact) mass is 348 g/mol. The van der Waals surface area contributed by atoms with Crippen LogP contribution in [0.4, 0.5) is 0 Å². The third-order valence-corrected chi connectivity index (χ3v) is 4.58. The topological polar surface area (TPSA) is 105 Å². The maximum atomic E-state index is 12.7. The van der Waals surface area contributed by atoms with E-state index < -0.39 is 35.7 Å². The van der Waals surface area contributed by atoms with Gasteiger partial charge in [0.15, 0.2) is 6.04 Å². The molecule has 1 aromatic carbocycles. The molecule has 25 heavy (non-hydrogen) atoms. The fourth-order valence-corrected chi connectivity index (χ4v) is 3.26. The summed E-state index contributed by atoms with van der Waals surface area (Å²) in [6.07, 6.45) is 2.36. The molecule has 0 heterocycles.